The first-order valence-corrected chi connectivity index (χ1v) is 7.86. The molecule has 1 amide bonds. The quantitative estimate of drug-likeness (QED) is 0.752. The van der Waals surface area contributed by atoms with Crippen molar-refractivity contribution in [1.82, 2.24) is 24.6 Å². The summed E-state index contributed by atoms with van der Waals surface area (Å²) in [6.07, 6.45) is 5.60. The Morgan fingerprint density at radius 2 is 2.00 bits per heavy atom. The summed E-state index contributed by atoms with van der Waals surface area (Å²) in [5.41, 5.74) is 2.82. The van der Waals surface area contributed by atoms with Gasteiger partial charge in [0.1, 0.15) is 6.54 Å². The molecule has 1 atom stereocenters. The Labute approximate surface area is 141 Å². The third-order valence-corrected chi connectivity index (χ3v) is 4.19. The van der Waals surface area contributed by atoms with Crippen LogP contribution in [-0.2, 0) is 17.8 Å². The Bertz CT molecular complexity index is 739. The molecule has 24 heavy (non-hydrogen) atoms. The minimum Gasteiger partial charge on any atom is -0.341 e. The number of hydrogen-bond donors (Lipinski definition) is 0. The van der Waals surface area contributed by atoms with E-state index in [1.54, 1.807) is 42.1 Å². The molecule has 0 spiro atoms. The Kier molecular flexibility index (Phi) is 5.43. The summed E-state index contributed by atoms with van der Waals surface area (Å²) in [5, 5.41) is 4.32. The number of Topliss-reactive ketones (excluding diaryl/α,β-unsaturated/α-hetero) is 1. The lowest BCUT2D eigenvalue weighted by molar-refractivity contribution is -0.132. The van der Waals surface area contributed by atoms with Gasteiger partial charge in [0.25, 0.3) is 0 Å². The molecule has 0 bridgehead atoms. The second-order valence-corrected chi connectivity index (χ2v) is 6.01. The van der Waals surface area contributed by atoms with Crippen LogP contribution in [0.1, 0.15) is 41.3 Å². The molecule has 0 fully saturated rings. The highest BCUT2D eigenvalue weighted by molar-refractivity contribution is 5.96. The zero-order valence-electron chi connectivity index (χ0n) is 14.8. The van der Waals surface area contributed by atoms with Crippen molar-refractivity contribution < 1.29 is 9.59 Å². The van der Waals surface area contributed by atoms with Crippen LogP contribution in [0.2, 0.25) is 0 Å². The largest absolute Gasteiger partial charge is 0.341 e. The Morgan fingerprint density at radius 1 is 1.29 bits per heavy atom. The first-order chi connectivity index (χ1) is 11.3. The van der Waals surface area contributed by atoms with Gasteiger partial charge in [0, 0.05) is 43.8 Å². The maximum absolute atomic E-state index is 12.5. The number of likely N-dealkylation sites (N-methyl/N-ethyl adjacent to an activating group) is 1. The van der Waals surface area contributed by atoms with Crippen LogP contribution in [0.25, 0.3) is 0 Å². The van der Waals surface area contributed by atoms with E-state index in [2.05, 4.69) is 15.1 Å². The summed E-state index contributed by atoms with van der Waals surface area (Å²) in [5.74, 6) is -0.0971. The van der Waals surface area contributed by atoms with Gasteiger partial charge in [0.2, 0.25) is 5.91 Å². The lowest BCUT2D eigenvalue weighted by Crippen LogP contribution is -2.39. The van der Waals surface area contributed by atoms with Crippen molar-refractivity contribution in [3.63, 3.8) is 0 Å². The van der Waals surface area contributed by atoms with Crippen molar-refractivity contribution in [1.29, 1.82) is 0 Å². The molecule has 2 rings (SSSR count). The summed E-state index contributed by atoms with van der Waals surface area (Å²) >= 11 is 0. The van der Waals surface area contributed by atoms with Crippen LogP contribution < -0.4 is 0 Å². The van der Waals surface area contributed by atoms with Crippen molar-refractivity contribution in [3.8, 4) is 0 Å². The summed E-state index contributed by atoms with van der Waals surface area (Å²) in [7, 11) is 1.76. The molecule has 0 radical (unpaired) electrons. The Morgan fingerprint density at radius 3 is 2.54 bits per heavy atom. The van der Waals surface area contributed by atoms with Gasteiger partial charge < -0.3 is 4.90 Å². The van der Waals surface area contributed by atoms with Crippen molar-refractivity contribution in [2.24, 2.45) is 0 Å². The van der Waals surface area contributed by atoms with Crippen molar-refractivity contribution in [3.05, 3.63) is 41.2 Å². The fraction of sp³-hybridized carbons (Fsp3) is 0.471. The van der Waals surface area contributed by atoms with Crippen LogP contribution in [0.15, 0.2) is 18.6 Å². The number of aromatic nitrogens is 4. The molecule has 0 aliphatic carbocycles. The molecule has 128 valence electrons. The van der Waals surface area contributed by atoms with Crippen molar-refractivity contribution in [2.75, 3.05) is 7.05 Å². The van der Waals surface area contributed by atoms with Gasteiger partial charge >= 0.3 is 0 Å². The highest BCUT2D eigenvalue weighted by Gasteiger charge is 2.21. The van der Waals surface area contributed by atoms with E-state index in [-0.39, 0.29) is 24.3 Å². The summed E-state index contributed by atoms with van der Waals surface area (Å²) in [6.45, 7) is 7.19. The standard InChI is InChI=1S/C17H23N5O2/c1-11(8-15-9-18-6-7-19-15)21(5)16(24)10-22-13(3)17(14(4)23)12(2)20-22/h6-7,9,11H,8,10H2,1-5H3/t11-/m1/s1. The van der Waals surface area contributed by atoms with Crippen LogP contribution in [0.3, 0.4) is 0 Å². The number of rotatable bonds is 6. The number of amides is 1. The van der Waals surface area contributed by atoms with E-state index in [0.717, 1.165) is 11.4 Å². The number of carbonyl (C=O) groups excluding carboxylic acids is 2. The molecule has 0 N–H and O–H groups in total. The average molecular weight is 329 g/mol. The second-order valence-electron chi connectivity index (χ2n) is 6.01. The smallest absolute Gasteiger partial charge is 0.244 e. The maximum Gasteiger partial charge on any atom is 0.244 e. The molecule has 0 saturated carbocycles. The number of carbonyl (C=O) groups is 2. The number of ketones is 1. The fourth-order valence-electron chi connectivity index (χ4n) is 2.72. The van der Waals surface area contributed by atoms with Gasteiger partial charge in [-0.3, -0.25) is 24.2 Å². The molecule has 2 heterocycles. The van der Waals surface area contributed by atoms with E-state index in [1.165, 1.54) is 6.92 Å². The van der Waals surface area contributed by atoms with Crippen molar-refractivity contribution in [2.45, 2.75) is 46.7 Å². The lowest BCUT2D eigenvalue weighted by Gasteiger charge is -2.25. The first-order valence-electron chi connectivity index (χ1n) is 7.86. The van der Waals surface area contributed by atoms with Crippen LogP contribution in [0, 0.1) is 13.8 Å². The minimum absolute atomic E-state index is 0.0153. The third kappa shape index (κ3) is 3.84. The highest BCUT2D eigenvalue weighted by atomic mass is 16.2. The minimum atomic E-state index is -0.0629. The third-order valence-electron chi connectivity index (χ3n) is 4.19. The predicted octanol–water partition coefficient (Wildman–Crippen LogP) is 1.58. The monoisotopic (exact) mass is 329 g/mol. The van der Waals surface area contributed by atoms with E-state index in [4.69, 9.17) is 0 Å². The first kappa shape index (κ1) is 17.8. The topological polar surface area (TPSA) is 81.0 Å². The molecular weight excluding hydrogens is 306 g/mol. The zero-order valence-corrected chi connectivity index (χ0v) is 14.8. The Hall–Kier alpha value is -2.57. The average Bonchev–Trinajstić information content (AvgIpc) is 2.81. The molecule has 0 aliphatic rings. The van der Waals surface area contributed by atoms with E-state index < -0.39 is 0 Å². The van der Waals surface area contributed by atoms with Crippen LogP contribution in [0.4, 0.5) is 0 Å². The highest BCUT2D eigenvalue weighted by Crippen LogP contribution is 2.14. The normalized spacial score (nSPS) is 12.0. The van der Waals surface area contributed by atoms with Gasteiger partial charge in [-0.25, -0.2) is 0 Å². The SMILES string of the molecule is CC(=O)c1c(C)nn(CC(=O)N(C)[C@H](C)Cc2cnccn2)c1C. The summed E-state index contributed by atoms with van der Waals surface area (Å²) in [4.78, 5) is 34.2. The van der Waals surface area contributed by atoms with E-state index >= 15 is 0 Å². The summed E-state index contributed by atoms with van der Waals surface area (Å²) in [6, 6.07) is -0.0153. The van der Waals surface area contributed by atoms with Crippen molar-refractivity contribution >= 4 is 11.7 Å². The van der Waals surface area contributed by atoms with Gasteiger partial charge in [0.15, 0.2) is 5.78 Å². The molecule has 2 aromatic heterocycles. The lowest BCUT2D eigenvalue weighted by atomic mass is 10.1. The van der Waals surface area contributed by atoms with Gasteiger partial charge in [-0.05, 0) is 27.7 Å². The van der Waals surface area contributed by atoms with Crippen LogP contribution in [0.5, 0.6) is 0 Å². The molecule has 0 aliphatic heterocycles. The van der Waals surface area contributed by atoms with E-state index in [1.807, 2.05) is 13.8 Å². The zero-order chi connectivity index (χ0) is 17.9. The van der Waals surface area contributed by atoms with E-state index in [9.17, 15) is 9.59 Å². The number of hydrogen-bond acceptors (Lipinski definition) is 5. The van der Waals surface area contributed by atoms with Gasteiger partial charge in [-0.2, -0.15) is 5.10 Å². The molecule has 2 aromatic rings. The van der Waals surface area contributed by atoms with Gasteiger partial charge in [-0.15, -0.1) is 0 Å². The summed E-state index contributed by atoms with van der Waals surface area (Å²) < 4.78 is 1.60. The number of aryl methyl sites for hydroxylation is 1. The molecule has 7 nitrogen and oxygen atoms in total. The molecule has 7 heteroatoms. The molecular formula is C17H23N5O2. The van der Waals surface area contributed by atoms with E-state index in [0.29, 0.717) is 17.7 Å². The predicted molar refractivity (Wildman–Crippen MR) is 89.7 cm³/mol. The van der Waals surface area contributed by atoms with Crippen LogP contribution in [-0.4, -0.2) is 49.4 Å². The number of nitrogens with zero attached hydrogens (tertiary/aromatic N) is 5. The molecule has 0 aromatic carbocycles. The molecule has 0 saturated heterocycles. The maximum atomic E-state index is 12.5. The fourth-order valence-corrected chi connectivity index (χ4v) is 2.72. The van der Waals surface area contributed by atoms with Gasteiger partial charge in [0.05, 0.1) is 17.0 Å². The Balaban J connectivity index is 2.06. The molecule has 0 unspecified atom stereocenters. The van der Waals surface area contributed by atoms with Crippen LogP contribution >= 0.6 is 0 Å². The van der Waals surface area contributed by atoms with Gasteiger partial charge in [-0.1, -0.05) is 0 Å². The second kappa shape index (κ2) is 7.33.